The van der Waals surface area contributed by atoms with Crippen molar-refractivity contribution in [3.05, 3.63) is 59.7 Å². The molecular weight excluding hydrogens is 270 g/mol. The van der Waals surface area contributed by atoms with Crippen molar-refractivity contribution >= 4 is 17.6 Å². The molecule has 0 aliphatic rings. The molecule has 0 fully saturated rings. The summed E-state index contributed by atoms with van der Waals surface area (Å²) in [4.78, 5) is 23.7. The summed E-state index contributed by atoms with van der Waals surface area (Å²) in [5.41, 5.74) is 1.30. The third-order valence-corrected chi connectivity index (χ3v) is 2.89. The number of amides is 1. The van der Waals surface area contributed by atoms with Crippen LogP contribution >= 0.6 is 0 Å². The van der Waals surface area contributed by atoms with Gasteiger partial charge in [-0.25, -0.2) is 4.79 Å². The number of esters is 1. The largest absolute Gasteiger partial charge is 0.496 e. The number of hydrogen-bond donors (Lipinski definition) is 1. The molecule has 0 aromatic heterocycles. The van der Waals surface area contributed by atoms with Crippen molar-refractivity contribution in [1.29, 1.82) is 0 Å². The molecule has 0 spiro atoms. The average Bonchev–Trinajstić information content (AvgIpc) is 2.54. The lowest BCUT2D eigenvalue weighted by Crippen LogP contribution is -2.13. The molecule has 0 saturated heterocycles. The van der Waals surface area contributed by atoms with Gasteiger partial charge in [-0.1, -0.05) is 18.2 Å². The maximum Gasteiger partial charge on any atom is 0.337 e. The van der Waals surface area contributed by atoms with Gasteiger partial charge in [-0.05, 0) is 30.3 Å². The van der Waals surface area contributed by atoms with Gasteiger partial charge in [-0.2, -0.15) is 0 Å². The standard InChI is InChI=1S/C16H15NO4/c1-20-14-9-4-3-8-13(14)15(18)17-12-7-5-6-11(10-12)16(19)21-2/h3-10H,1-2H3,(H,17,18). The maximum absolute atomic E-state index is 12.2. The number of para-hydroxylation sites is 1. The monoisotopic (exact) mass is 285 g/mol. The fourth-order valence-corrected chi connectivity index (χ4v) is 1.87. The highest BCUT2D eigenvalue weighted by Crippen LogP contribution is 2.19. The molecule has 5 nitrogen and oxygen atoms in total. The lowest BCUT2D eigenvalue weighted by atomic mass is 10.1. The van der Waals surface area contributed by atoms with Gasteiger partial charge in [0.2, 0.25) is 0 Å². The second-order valence-electron chi connectivity index (χ2n) is 4.23. The molecule has 0 radical (unpaired) electrons. The van der Waals surface area contributed by atoms with Crippen molar-refractivity contribution in [2.75, 3.05) is 19.5 Å². The average molecular weight is 285 g/mol. The van der Waals surface area contributed by atoms with Crippen molar-refractivity contribution < 1.29 is 19.1 Å². The van der Waals surface area contributed by atoms with E-state index in [9.17, 15) is 9.59 Å². The van der Waals surface area contributed by atoms with Gasteiger partial charge in [-0.3, -0.25) is 4.79 Å². The van der Waals surface area contributed by atoms with Crippen molar-refractivity contribution in [1.82, 2.24) is 0 Å². The van der Waals surface area contributed by atoms with E-state index in [-0.39, 0.29) is 5.91 Å². The number of benzene rings is 2. The lowest BCUT2D eigenvalue weighted by Gasteiger charge is -2.09. The van der Waals surface area contributed by atoms with Gasteiger partial charge in [0.05, 0.1) is 25.3 Å². The third-order valence-electron chi connectivity index (χ3n) is 2.89. The van der Waals surface area contributed by atoms with Crippen LogP contribution in [0, 0.1) is 0 Å². The zero-order chi connectivity index (χ0) is 15.2. The van der Waals surface area contributed by atoms with Gasteiger partial charge in [-0.15, -0.1) is 0 Å². The minimum absolute atomic E-state index is 0.311. The number of anilines is 1. The van der Waals surface area contributed by atoms with Gasteiger partial charge in [0.1, 0.15) is 5.75 Å². The Morgan fingerprint density at radius 3 is 2.48 bits per heavy atom. The summed E-state index contributed by atoms with van der Waals surface area (Å²) >= 11 is 0. The van der Waals surface area contributed by atoms with Crippen LogP contribution in [0.5, 0.6) is 5.75 Å². The molecule has 0 unspecified atom stereocenters. The van der Waals surface area contributed by atoms with Gasteiger partial charge < -0.3 is 14.8 Å². The maximum atomic E-state index is 12.2. The lowest BCUT2D eigenvalue weighted by molar-refractivity contribution is 0.0600. The fourth-order valence-electron chi connectivity index (χ4n) is 1.87. The van der Waals surface area contributed by atoms with Gasteiger partial charge in [0.25, 0.3) is 5.91 Å². The Morgan fingerprint density at radius 2 is 1.76 bits per heavy atom. The number of carbonyl (C=O) groups excluding carboxylic acids is 2. The number of methoxy groups -OCH3 is 2. The van der Waals surface area contributed by atoms with Crippen molar-refractivity contribution in [3.63, 3.8) is 0 Å². The summed E-state index contributed by atoms with van der Waals surface area (Å²) in [6.07, 6.45) is 0. The van der Waals surface area contributed by atoms with E-state index in [0.29, 0.717) is 22.6 Å². The highest BCUT2D eigenvalue weighted by molar-refractivity contribution is 6.06. The van der Waals surface area contributed by atoms with Gasteiger partial charge in [0, 0.05) is 5.69 Å². The molecule has 0 saturated carbocycles. The molecule has 1 N–H and O–H groups in total. The second kappa shape index (κ2) is 6.56. The van der Waals surface area contributed by atoms with Crippen LogP contribution < -0.4 is 10.1 Å². The molecular formula is C16H15NO4. The van der Waals surface area contributed by atoms with E-state index in [4.69, 9.17) is 4.74 Å². The minimum atomic E-state index is -0.455. The minimum Gasteiger partial charge on any atom is -0.496 e. The summed E-state index contributed by atoms with van der Waals surface area (Å²) in [6, 6.07) is 13.4. The van der Waals surface area contributed by atoms with Crippen LogP contribution in [0.2, 0.25) is 0 Å². The summed E-state index contributed by atoms with van der Waals surface area (Å²) in [5.74, 6) is -0.281. The van der Waals surface area contributed by atoms with Gasteiger partial charge >= 0.3 is 5.97 Å². The Hall–Kier alpha value is -2.82. The topological polar surface area (TPSA) is 64.6 Å². The number of ether oxygens (including phenoxy) is 2. The number of carbonyl (C=O) groups is 2. The van der Waals surface area contributed by atoms with Crippen LogP contribution in [0.15, 0.2) is 48.5 Å². The highest BCUT2D eigenvalue weighted by Gasteiger charge is 2.12. The molecule has 0 heterocycles. The van der Waals surface area contributed by atoms with Crippen LogP contribution in [0.3, 0.4) is 0 Å². The molecule has 1 amide bonds. The van der Waals surface area contributed by atoms with E-state index in [0.717, 1.165) is 0 Å². The molecule has 0 bridgehead atoms. The first-order valence-electron chi connectivity index (χ1n) is 6.28. The quantitative estimate of drug-likeness (QED) is 0.877. The Labute approximate surface area is 122 Å². The summed E-state index contributed by atoms with van der Waals surface area (Å²) in [6.45, 7) is 0. The molecule has 0 aliphatic carbocycles. The van der Waals surface area contributed by atoms with E-state index in [1.807, 2.05) is 0 Å². The smallest absolute Gasteiger partial charge is 0.337 e. The summed E-state index contributed by atoms with van der Waals surface area (Å²) in [7, 11) is 2.81. The predicted octanol–water partition coefficient (Wildman–Crippen LogP) is 2.73. The first-order chi connectivity index (χ1) is 10.2. The predicted molar refractivity (Wildman–Crippen MR) is 78.7 cm³/mol. The van der Waals surface area contributed by atoms with E-state index in [1.54, 1.807) is 48.5 Å². The van der Waals surface area contributed by atoms with Crippen LogP contribution in [-0.2, 0) is 4.74 Å². The van der Waals surface area contributed by atoms with Crippen LogP contribution in [0.4, 0.5) is 5.69 Å². The zero-order valence-electron chi connectivity index (χ0n) is 11.8. The molecule has 2 aromatic carbocycles. The van der Waals surface area contributed by atoms with Gasteiger partial charge in [0.15, 0.2) is 0 Å². The van der Waals surface area contributed by atoms with Crippen LogP contribution in [-0.4, -0.2) is 26.1 Å². The Morgan fingerprint density at radius 1 is 1.00 bits per heavy atom. The molecule has 5 heteroatoms. The Balaban J connectivity index is 2.22. The molecule has 21 heavy (non-hydrogen) atoms. The summed E-state index contributed by atoms with van der Waals surface area (Å²) < 4.78 is 9.79. The van der Waals surface area contributed by atoms with Crippen LogP contribution in [0.1, 0.15) is 20.7 Å². The fraction of sp³-hybridized carbons (Fsp3) is 0.125. The molecule has 0 atom stereocenters. The number of nitrogens with one attached hydrogen (secondary N) is 1. The van der Waals surface area contributed by atoms with E-state index in [1.165, 1.54) is 14.2 Å². The molecule has 0 aliphatic heterocycles. The van der Waals surface area contributed by atoms with Crippen molar-refractivity contribution in [3.8, 4) is 5.75 Å². The first-order valence-corrected chi connectivity index (χ1v) is 6.28. The third kappa shape index (κ3) is 3.39. The highest BCUT2D eigenvalue weighted by atomic mass is 16.5. The number of hydrogen-bond acceptors (Lipinski definition) is 4. The van der Waals surface area contributed by atoms with Crippen LogP contribution in [0.25, 0.3) is 0 Å². The van der Waals surface area contributed by atoms with E-state index >= 15 is 0 Å². The normalized spacial score (nSPS) is 9.81. The molecule has 2 rings (SSSR count). The van der Waals surface area contributed by atoms with Crippen molar-refractivity contribution in [2.45, 2.75) is 0 Å². The summed E-state index contributed by atoms with van der Waals surface area (Å²) in [5, 5.41) is 2.73. The zero-order valence-corrected chi connectivity index (χ0v) is 11.8. The van der Waals surface area contributed by atoms with Crippen molar-refractivity contribution in [2.24, 2.45) is 0 Å². The van der Waals surface area contributed by atoms with E-state index in [2.05, 4.69) is 10.1 Å². The first kappa shape index (κ1) is 14.6. The molecule has 2 aromatic rings. The number of rotatable bonds is 4. The van der Waals surface area contributed by atoms with E-state index < -0.39 is 5.97 Å². The Bertz CT molecular complexity index is 667. The molecule has 108 valence electrons. The Kier molecular flexibility index (Phi) is 4.56. The second-order valence-corrected chi connectivity index (χ2v) is 4.23. The SMILES string of the molecule is COC(=O)c1cccc(NC(=O)c2ccccc2OC)c1.